The largest absolute Gasteiger partial charge is 0.329 e. The van der Waals surface area contributed by atoms with Crippen molar-refractivity contribution in [2.45, 2.75) is 67.8 Å². The topological polar surface area (TPSA) is 26.0 Å². The Labute approximate surface area is 97.6 Å². The van der Waals surface area contributed by atoms with Crippen LogP contribution in [0.1, 0.15) is 57.8 Å². The van der Waals surface area contributed by atoms with Gasteiger partial charge in [0.2, 0.25) is 0 Å². The summed E-state index contributed by atoms with van der Waals surface area (Å²) in [6.07, 6.45) is 13.2. The highest BCUT2D eigenvalue weighted by atomic mass is 32.2. The highest BCUT2D eigenvalue weighted by molar-refractivity contribution is 8.01. The zero-order chi connectivity index (χ0) is 10.4. The number of hydrogen-bond donors (Lipinski definition) is 1. The number of nitrogens with two attached hydrogens (primary N) is 1. The van der Waals surface area contributed by atoms with Gasteiger partial charge < -0.3 is 5.73 Å². The molecular formula is C13H23NS. The molecule has 1 nitrogen and oxygen atoms in total. The van der Waals surface area contributed by atoms with E-state index in [0.717, 1.165) is 17.2 Å². The Morgan fingerprint density at radius 1 is 1.07 bits per heavy atom. The van der Waals surface area contributed by atoms with Crippen LogP contribution >= 0.6 is 11.8 Å². The van der Waals surface area contributed by atoms with Crippen molar-refractivity contribution in [1.29, 1.82) is 0 Å². The van der Waals surface area contributed by atoms with Gasteiger partial charge in [-0.05, 0) is 43.9 Å². The van der Waals surface area contributed by atoms with Gasteiger partial charge in [-0.15, -0.1) is 0 Å². The average Bonchev–Trinajstić information content (AvgIpc) is 2.60. The van der Waals surface area contributed by atoms with Gasteiger partial charge in [0.05, 0.1) is 0 Å². The Balaban J connectivity index is 1.57. The van der Waals surface area contributed by atoms with Crippen molar-refractivity contribution in [3.8, 4) is 0 Å². The lowest BCUT2D eigenvalue weighted by atomic mass is 9.51. The van der Waals surface area contributed by atoms with Crippen molar-refractivity contribution in [1.82, 2.24) is 0 Å². The van der Waals surface area contributed by atoms with Gasteiger partial charge in [-0.2, -0.15) is 11.8 Å². The van der Waals surface area contributed by atoms with E-state index in [1.54, 1.807) is 0 Å². The fourth-order valence-corrected chi connectivity index (χ4v) is 6.13. The van der Waals surface area contributed by atoms with Gasteiger partial charge in [-0.1, -0.05) is 19.3 Å². The van der Waals surface area contributed by atoms with Gasteiger partial charge in [0.25, 0.3) is 0 Å². The van der Waals surface area contributed by atoms with E-state index in [2.05, 4.69) is 11.8 Å². The van der Waals surface area contributed by atoms with Crippen LogP contribution in [0, 0.1) is 5.41 Å². The summed E-state index contributed by atoms with van der Waals surface area (Å²) in [7, 11) is 0. The molecule has 0 aromatic carbocycles. The smallest absolute Gasteiger partial charge is 0.0295 e. The molecule has 86 valence electrons. The van der Waals surface area contributed by atoms with Crippen LogP contribution in [0.25, 0.3) is 0 Å². The zero-order valence-corrected chi connectivity index (χ0v) is 10.5. The van der Waals surface area contributed by atoms with Gasteiger partial charge in [-0.25, -0.2) is 0 Å². The summed E-state index contributed by atoms with van der Waals surface area (Å²) in [5.74, 6) is 0. The molecule has 0 aromatic rings. The summed E-state index contributed by atoms with van der Waals surface area (Å²) in [4.78, 5) is 0. The summed E-state index contributed by atoms with van der Waals surface area (Å²) in [6.45, 7) is 0.927. The minimum atomic E-state index is 0.509. The van der Waals surface area contributed by atoms with Crippen LogP contribution < -0.4 is 5.73 Å². The van der Waals surface area contributed by atoms with Gasteiger partial charge in [0.15, 0.2) is 0 Å². The third-order valence-corrected chi connectivity index (χ3v) is 6.66. The second-order valence-electron chi connectivity index (χ2n) is 6.12. The van der Waals surface area contributed by atoms with Crippen molar-refractivity contribution in [3.63, 3.8) is 0 Å². The molecule has 0 bridgehead atoms. The Morgan fingerprint density at radius 3 is 2.20 bits per heavy atom. The molecule has 3 saturated carbocycles. The quantitative estimate of drug-likeness (QED) is 0.797. The SMILES string of the molecule is NCC1(SC2CCCC2)CC2(CCC2)C1. The number of thioether (sulfide) groups is 1. The first-order valence-electron chi connectivity index (χ1n) is 6.64. The van der Waals surface area contributed by atoms with Crippen LogP contribution in [-0.2, 0) is 0 Å². The van der Waals surface area contributed by atoms with Crippen LogP contribution in [-0.4, -0.2) is 16.5 Å². The lowest BCUT2D eigenvalue weighted by Gasteiger charge is -2.61. The predicted molar refractivity (Wildman–Crippen MR) is 67.2 cm³/mol. The average molecular weight is 225 g/mol. The molecule has 3 fully saturated rings. The van der Waals surface area contributed by atoms with E-state index in [-0.39, 0.29) is 0 Å². The summed E-state index contributed by atoms with van der Waals surface area (Å²) < 4.78 is 0.509. The van der Waals surface area contributed by atoms with E-state index in [4.69, 9.17) is 5.73 Å². The Morgan fingerprint density at radius 2 is 1.73 bits per heavy atom. The Kier molecular flexibility index (Phi) is 2.55. The molecule has 2 N–H and O–H groups in total. The third-order valence-electron chi connectivity index (χ3n) is 4.90. The van der Waals surface area contributed by atoms with E-state index in [9.17, 15) is 0 Å². The molecule has 3 aliphatic rings. The minimum Gasteiger partial charge on any atom is -0.329 e. The van der Waals surface area contributed by atoms with Gasteiger partial charge >= 0.3 is 0 Å². The Hall–Kier alpha value is 0.310. The van der Waals surface area contributed by atoms with Gasteiger partial charge in [0, 0.05) is 16.5 Å². The molecule has 0 unspecified atom stereocenters. The zero-order valence-electron chi connectivity index (χ0n) is 9.63. The lowest BCUT2D eigenvalue weighted by molar-refractivity contribution is -0.00161. The van der Waals surface area contributed by atoms with Crippen LogP contribution in [0.15, 0.2) is 0 Å². The van der Waals surface area contributed by atoms with Crippen LogP contribution in [0.4, 0.5) is 0 Å². The van der Waals surface area contributed by atoms with E-state index < -0.39 is 0 Å². The lowest BCUT2D eigenvalue weighted by Crippen LogP contribution is -2.57. The Bertz CT molecular complexity index is 233. The van der Waals surface area contributed by atoms with E-state index in [1.165, 1.54) is 57.8 Å². The fraction of sp³-hybridized carbons (Fsp3) is 1.00. The molecule has 0 atom stereocenters. The fourth-order valence-electron chi connectivity index (χ4n) is 3.98. The summed E-state index contributed by atoms with van der Waals surface area (Å²) in [5, 5.41) is 0.950. The molecule has 3 aliphatic carbocycles. The first kappa shape index (κ1) is 10.5. The number of hydrogen-bond acceptors (Lipinski definition) is 2. The molecule has 3 rings (SSSR count). The molecule has 0 amide bonds. The van der Waals surface area contributed by atoms with Crippen molar-refractivity contribution >= 4 is 11.8 Å². The highest BCUT2D eigenvalue weighted by Crippen LogP contribution is 2.65. The maximum atomic E-state index is 6.03. The number of rotatable bonds is 3. The maximum absolute atomic E-state index is 6.03. The second kappa shape index (κ2) is 3.66. The monoisotopic (exact) mass is 225 g/mol. The van der Waals surface area contributed by atoms with Crippen molar-refractivity contribution in [2.24, 2.45) is 11.1 Å². The van der Waals surface area contributed by atoms with Gasteiger partial charge in [-0.3, -0.25) is 0 Å². The highest BCUT2D eigenvalue weighted by Gasteiger charge is 2.57. The normalized spacial score (nSPS) is 32.6. The van der Waals surface area contributed by atoms with Crippen LogP contribution in [0.5, 0.6) is 0 Å². The summed E-state index contributed by atoms with van der Waals surface area (Å²) >= 11 is 2.27. The van der Waals surface area contributed by atoms with Gasteiger partial charge in [0.1, 0.15) is 0 Å². The molecule has 0 aromatic heterocycles. The first-order chi connectivity index (χ1) is 7.26. The molecule has 15 heavy (non-hydrogen) atoms. The standard InChI is InChI=1S/C13H23NS/c14-10-13(15-11-4-1-2-5-11)8-12(9-13)6-3-7-12/h11H,1-10,14H2. The molecule has 1 spiro atoms. The molecule has 0 heterocycles. The van der Waals surface area contributed by atoms with Crippen LogP contribution in [0.3, 0.4) is 0 Å². The molecule has 0 aliphatic heterocycles. The second-order valence-corrected chi connectivity index (χ2v) is 7.89. The van der Waals surface area contributed by atoms with E-state index in [0.29, 0.717) is 4.75 Å². The van der Waals surface area contributed by atoms with E-state index >= 15 is 0 Å². The predicted octanol–water partition coefficient (Wildman–Crippen LogP) is 3.32. The first-order valence-corrected chi connectivity index (χ1v) is 7.52. The third kappa shape index (κ3) is 1.74. The molecule has 0 radical (unpaired) electrons. The molecule has 0 saturated heterocycles. The molecular weight excluding hydrogens is 202 g/mol. The summed E-state index contributed by atoms with van der Waals surface area (Å²) in [6, 6.07) is 0. The maximum Gasteiger partial charge on any atom is 0.0295 e. The minimum absolute atomic E-state index is 0.509. The van der Waals surface area contributed by atoms with E-state index in [1.807, 2.05) is 0 Å². The van der Waals surface area contributed by atoms with Crippen molar-refractivity contribution in [3.05, 3.63) is 0 Å². The van der Waals surface area contributed by atoms with Crippen molar-refractivity contribution < 1.29 is 0 Å². The molecule has 2 heteroatoms. The van der Waals surface area contributed by atoms with Crippen LogP contribution in [0.2, 0.25) is 0 Å². The van der Waals surface area contributed by atoms with Crippen molar-refractivity contribution in [2.75, 3.05) is 6.54 Å². The summed E-state index contributed by atoms with van der Waals surface area (Å²) in [5.41, 5.74) is 6.81.